The number of imidazole rings is 1. The molecule has 2 N–H and O–H groups in total. The molecular formula is C19H23N3O2. The summed E-state index contributed by atoms with van der Waals surface area (Å²) in [5.74, 6) is 0.0822. The van der Waals surface area contributed by atoms with E-state index in [0.29, 0.717) is 12.5 Å². The first-order valence-corrected chi connectivity index (χ1v) is 8.65. The number of aromatic nitrogens is 2. The molecule has 1 saturated carbocycles. The second kappa shape index (κ2) is 6.06. The highest BCUT2D eigenvalue weighted by atomic mass is 16.4. The van der Waals surface area contributed by atoms with E-state index in [1.54, 1.807) is 6.33 Å². The first-order chi connectivity index (χ1) is 11.7. The van der Waals surface area contributed by atoms with E-state index in [1.165, 1.54) is 5.56 Å². The Morgan fingerprint density at radius 2 is 2.21 bits per heavy atom. The highest BCUT2D eigenvalue weighted by Crippen LogP contribution is 2.51. The normalized spacial score (nSPS) is 30.2. The van der Waals surface area contributed by atoms with Crippen LogP contribution in [0.25, 0.3) is 0 Å². The number of H-pyrrole nitrogens is 1. The standard InChI is InChI=1S/C19H23N3O2/c23-18(24)19-7-6-15(14-4-2-1-3-5-14)8-16(19)10-22(12-19)11-17-9-20-13-21-17/h1-5,9,13,15-16H,6-8,10-12H2,(H,20,21)(H,23,24)/t15-,16-,19-/m1/s1. The summed E-state index contributed by atoms with van der Waals surface area (Å²) < 4.78 is 0. The van der Waals surface area contributed by atoms with E-state index in [-0.39, 0.29) is 5.92 Å². The molecule has 3 atom stereocenters. The molecule has 1 aromatic heterocycles. The summed E-state index contributed by atoms with van der Waals surface area (Å²) in [4.78, 5) is 21.6. The molecule has 0 spiro atoms. The van der Waals surface area contributed by atoms with Gasteiger partial charge in [-0.3, -0.25) is 9.69 Å². The zero-order chi connectivity index (χ0) is 16.6. The van der Waals surface area contributed by atoms with Crippen molar-refractivity contribution in [1.29, 1.82) is 0 Å². The van der Waals surface area contributed by atoms with Gasteiger partial charge in [-0.25, -0.2) is 4.98 Å². The molecule has 24 heavy (non-hydrogen) atoms. The Labute approximate surface area is 141 Å². The number of fused-ring (bicyclic) bond motifs is 1. The quantitative estimate of drug-likeness (QED) is 0.907. The Kier molecular flexibility index (Phi) is 3.88. The van der Waals surface area contributed by atoms with Crippen molar-refractivity contribution in [1.82, 2.24) is 14.9 Å². The lowest BCUT2D eigenvalue weighted by atomic mass is 9.64. The van der Waals surface area contributed by atoms with E-state index in [1.807, 2.05) is 12.3 Å². The van der Waals surface area contributed by atoms with E-state index in [4.69, 9.17) is 0 Å². The first-order valence-electron chi connectivity index (χ1n) is 8.65. The lowest BCUT2D eigenvalue weighted by molar-refractivity contribution is -0.152. The number of hydrogen-bond donors (Lipinski definition) is 2. The minimum atomic E-state index is -0.619. The number of carboxylic acids is 1. The van der Waals surface area contributed by atoms with Gasteiger partial charge in [0.2, 0.25) is 0 Å². The Bertz CT molecular complexity index is 701. The van der Waals surface area contributed by atoms with Crippen LogP contribution in [0, 0.1) is 11.3 Å². The molecule has 1 aliphatic carbocycles. The van der Waals surface area contributed by atoms with Gasteiger partial charge in [0.1, 0.15) is 0 Å². The third-order valence-corrected chi connectivity index (χ3v) is 5.92. The Morgan fingerprint density at radius 1 is 1.38 bits per heavy atom. The van der Waals surface area contributed by atoms with E-state index in [2.05, 4.69) is 39.1 Å². The van der Waals surface area contributed by atoms with Crippen molar-refractivity contribution in [3.05, 3.63) is 54.1 Å². The molecule has 0 amide bonds. The summed E-state index contributed by atoms with van der Waals surface area (Å²) in [5.41, 5.74) is 1.82. The average molecular weight is 325 g/mol. The summed E-state index contributed by atoms with van der Waals surface area (Å²) in [7, 11) is 0. The predicted molar refractivity (Wildman–Crippen MR) is 90.5 cm³/mol. The van der Waals surface area contributed by atoms with Gasteiger partial charge in [-0.1, -0.05) is 30.3 Å². The van der Waals surface area contributed by atoms with Gasteiger partial charge in [0.25, 0.3) is 0 Å². The van der Waals surface area contributed by atoms with Gasteiger partial charge in [0.05, 0.1) is 11.7 Å². The van der Waals surface area contributed by atoms with Crippen LogP contribution in [-0.4, -0.2) is 39.0 Å². The largest absolute Gasteiger partial charge is 0.481 e. The zero-order valence-corrected chi connectivity index (χ0v) is 13.7. The number of carbonyl (C=O) groups is 1. The number of nitrogens with zero attached hydrogens (tertiary/aromatic N) is 2. The molecule has 2 aromatic rings. The number of nitrogens with one attached hydrogen (secondary N) is 1. The molecule has 0 unspecified atom stereocenters. The van der Waals surface area contributed by atoms with Crippen molar-refractivity contribution in [2.45, 2.75) is 31.7 Å². The number of likely N-dealkylation sites (tertiary alicyclic amines) is 1. The van der Waals surface area contributed by atoms with Crippen LogP contribution in [0.5, 0.6) is 0 Å². The van der Waals surface area contributed by atoms with Crippen LogP contribution >= 0.6 is 0 Å². The van der Waals surface area contributed by atoms with E-state index < -0.39 is 11.4 Å². The summed E-state index contributed by atoms with van der Waals surface area (Å²) in [5, 5.41) is 9.95. The topological polar surface area (TPSA) is 69.2 Å². The van der Waals surface area contributed by atoms with Crippen LogP contribution in [0.15, 0.2) is 42.9 Å². The van der Waals surface area contributed by atoms with Gasteiger partial charge >= 0.3 is 5.97 Å². The third kappa shape index (κ3) is 2.63. The highest BCUT2D eigenvalue weighted by molar-refractivity contribution is 5.76. The van der Waals surface area contributed by atoms with E-state index in [9.17, 15) is 9.90 Å². The fourth-order valence-electron chi connectivity index (χ4n) is 4.67. The van der Waals surface area contributed by atoms with Gasteiger partial charge < -0.3 is 10.1 Å². The van der Waals surface area contributed by atoms with E-state index >= 15 is 0 Å². The van der Waals surface area contributed by atoms with Gasteiger partial charge in [-0.15, -0.1) is 0 Å². The zero-order valence-electron chi connectivity index (χ0n) is 13.7. The lowest BCUT2D eigenvalue weighted by Crippen LogP contribution is -2.42. The second-order valence-corrected chi connectivity index (χ2v) is 7.29. The molecule has 126 valence electrons. The number of rotatable bonds is 4. The van der Waals surface area contributed by atoms with Crippen molar-refractivity contribution < 1.29 is 9.90 Å². The SMILES string of the molecule is O=C(O)[C@@]12CC[C@@H](c3ccccc3)C[C@@H]1CN(Cc1cnc[nH]1)C2. The maximum absolute atomic E-state index is 12.1. The fraction of sp³-hybridized carbons (Fsp3) is 0.474. The Balaban J connectivity index is 1.53. The van der Waals surface area contributed by atoms with Crippen molar-refractivity contribution in [2.75, 3.05) is 13.1 Å². The van der Waals surface area contributed by atoms with Gasteiger partial charge in [0.15, 0.2) is 0 Å². The second-order valence-electron chi connectivity index (χ2n) is 7.29. The molecule has 2 fully saturated rings. The number of aliphatic carboxylic acids is 1. The third-order valence-electron chi connectivity index (χ3n) is 5.92. The van der Waals surface area contributed by atoms with Crippen molar-refractivity contribution in [3.63, 3.8) is 0 Å². The molecule has 5 heteroatoms. The molecule has 4 rings (SSSR count). The number of benzene rings is 1. The summed E-state index contributed by atoms with van der Waals surface area (Å²) >= 11 is 0. The summed E-state index contributed by atoms with van der Waals surface area (Å²) in [6.45, 7) is 2.25. The summed E-state index contributed by atoms with van der Waals surface area (Å²) in [6, 6.07) is 10.5. The average Bonchev–Trinajstić information content (AvgIpc) is 3.22. The highest BCUT2D eigenvalue weighted by Gasteiger charge is 2.54. The van der Waals surface area contributed by atoms with Crippen molar-refractivity contribution in [2.24, 2.45) is 11.3 Å². The molecule has 5 nitrogen and oxygen atoms in total. The number of hydrogen-bond acceptors (Lipinski definition) is 3. The molecule has 2 heterocycles. The van der Waals surface area contributed by atoms with Crippen LogP contribution in [0.1, 0.15) is 36.4 Å². The monoisotopic (exact) mass is 325 g/mol. The van der Waals surface area contributed by atoms with Gasteiger partial charge in [0, 0.05) is 31.5 Å². The van der Waals surface area contributed by atoms with E-state index in [0.717, 1.165) is 38.0 Å². The van der Waals surface area contributed by atoms with Gasteiger partial charge in [-0.05, 0) is 36.7 Å². The number of aromatic amines is 1. The molecule has 1 aromatic carbocycles. The van der Waals surface area contributed by atoms with Gasteiger partial charge in [-0.2, -0.15) is 0 Å². The molecule has 1 saturated heterocycles. The minimum Gasteiger partial charge on any atom is -0.481 e. The fourth-order valence-corrected chi connectivity index (χ4v) is 4.67. The molecule has 0 radical (unpaired) electrons. The molecular weight excluding hydrogens is 302 g/mol. The van der Waals surface area contributed by atoms with Crippen LogP contribution < -0.4 is 0 Å². The maximum Gasteiger partial charge on any atom is 0.311 e. The first kappa shape index (κ1) is 15.4. The smallest absolute Gasteiger partial charge is 0.311 e. The lowest BCUT2D eigenvalue weighted by Gasteiger charge is -2.38. The van der Waals surface area contributed by atoms with Crippen LogP contribution in [-0.2, 0) is 11.3 Å². The van der Waals surface area contributed by atoms with Crippen molar-refractivity contribution in [3.8, 4) is 0 Å². The molecule has 0 bridgehead atoms. The summed E-state index contributed by atoms with van der Waals surface area (Å²) in [6.07, 6.45) is 6.20. The van der Waals surface area contributed by atoms with Crippen molar-refractivity contribution >= 4 is 5.97 Å². The molecule has 1 aliphatic heterocycles. The van der Waals surface area contributed by atoms with Crippen LogP contribution in [0.2, 0.25) is 0 Å². The van der Waals surface area contributed by atoms with Crippen LogP contribution in [0.4, 0.5) is 0 Å². The predicted octanol–water partition coefficient (Wildman–Crippen LogP) is 2.88. The Morgan fingerprint density at radius 3 is 2.92 bits per heavy atom. The maximum atomic E-state index is 12.1. The minimum absolute atomic E-state index is 0.219. The molecule has 2 aliphatic rings. The number of carboxylic acid groups (broad SMARTS) is 1. The van der Waals surface area contributed by atoms with Crippen LogP contribution in [0.3, 0.4) is 0 Å². The Hall–Kier alpha value is -2.14.